The number of amides is 2. The van der Waals surface area contributed by atoms with Crippen LogP contribution in [0.4, 0.5) is 5.69 Å². The largest absolute Gasteiger partial charge is 0.334 e. The number of rotatable bonds is 8. The minimum atomic E-state index is -0.179. The highest BCUT2D eigenvalue weighted by atomic mass is 35.5. The molecular formula is C18H19ClN6O2S2. The molecule has 1 N–H and O–H groups in total. The van der Waals surface area contributed by atoms with Crippen LogP contribution in [0.3, 0.4) is 0 Å². The first-order valence-corrected chi connectivity index (χ1v) is 10.9. The van der Waals surface area contributed by atoms with Crippen molar-refractivity contribution in [3.05, 3.63) is 51.2 Å². The monoisotopic (exact) mass is 450 g/mol. The van der Waals surface area contributed by atoms with Gasteiger partial charge in [0.2, 0.25) is 11.1 Å². The van der Waals surface area contributed by atoms with E-state index in [1.807, 2.05) is 19.1 Å². The minimum absolute atomic E-state index is 0.0692. The lowest BCUT2D eigenvalue weighted by Gasteiger charge is -2.20. The predicted octanol–water partition coefficient (Wildman–Crippen LogP) is 3.32. The number of hydrogen-bond donors (Lipinski definition) is 1. The average Bonchev–Trinajstić information content (AvgIpc) is 3.32. The van der Waals surface area contributed by atoms with Gasteiger partial charge in [-0.25, -0.2) is 4.68 Å². The smallest absolute Gasteiger partial charge is 0.254 e. The number of aromatic nitrogens is 4. The van der Waals surface area contributed by atoms with Crippen LogP contribution >= 0.6 is 34.7 Å². The molecule has 2 heterocycles. The zero-order valence-electron chi connectivity index (χ0n) is 15.8. The second-order valence-corrected chi connectivity index (χ2v) is 8.77. The molecule has 1 aromatic carbocycles. The van der Waals surface area contributed by atoms with E-state index in [4.69, 9.17) is 11.6 Å². The lowest BCUT2D eigenvalue weighted by atomic mass is 10.1. The van der Waals surface area contributed by atoms with E-state index in [0.29, 0.717) is 33.8 Å². The van der Waals surface area contributed by atoms with Gasteiger partial charge in [0.25, 0.3) is 5.91 Å². The van der Waals surface area contributed by atoms with Gasteiger partial charge in [0.1, 0.15) is 0 Å². The fourth-order valence-corrected chi connectivity index (χ4v) is 4.25. The van der Waals surface area contributed by atoms with Crippen LogP contribution in [-0.2, 0) is 18.4 Å². The van der Waals surface area contributed by atoms with Gasteiger partial charge >= 0.3 is 0 Å². The second kappa shape index (κ2) is 9.86. The number of nitrogens with one attached hydrogen (secondary N) is 1. The normalized spacial score (nSPS) is 10.7. The first-order chi connectivity index (χ1) is 14.0. The number of halogens is 1. The summed E-state index contributed by atoms with van der Waals surface area (Å²) in [5, 5.41) is 14.4. The standard InChI is InChI=1S/C18H19ClN6O2S2/c1-3-25(10-14-8-9-15(19)29-14)17(27)12-4-6-13(7-5-12)20-16(26)11-28-18-21-22-23-24(18)2/h4-9H,3,10-11H2,1-2H3,(H,20,26). The van der Waals surface area contributed by atoms with E-state index in [1.54, 1.807) is 36.2 Å². The highest BCUT2D eigenvalue weighted by Gasteiger charge is 2.16. The molecule has 29 heavy (non-hydrogen) atoms. The van der Waals surface area contributed by atoms with Gasteiger partial charge in [-0.1, -0.05) is 23.4 Å². The Hall–Kier alpha value is -2.43. The van der Waals surface area contributed by atoms with Gasteiger partial charge < -0.3 is 10.2 Å². The van der Waals surface area contributed by atoms with Crippen molar-refractivity contribution in [1.29, 1.82) is 0 Å². The van der Waals surface area contributed by atoms with Crippen molar-refractivity contribution < 1.29 is 9.59 Å². The predicted molar refractivity (Wildman–Crippen MR) is 114 cm³/mol. The van der Waals surface area contributed by atoms with Gasteiger partial charge in [-0.15, -0.1) is 16.4 Å². The average molecular weight is 451 g/mol. The van der Waals surface area contributed by atoms with Crippen molar-refractivity contribution in [2.45, 2.75) is 18.6 Å². The maximum Gasteiger partial charge on any atom is 0.254 e. The van der Waals surface area contributed by atoms with Gasteiger partial charge in [0, 0.05) is 29.7 Å². The fourth-order valence-electron chi connectivity index (χ4n) is 2.50. The molecule has 0 saturated heterocycles. The van der Waals surface area contributed by atoms with Gasteiger partial charge in [0.05, 0.1) is 16.6 Å². The zero-order valence-corrected chi connectivity index (χ0v) is 18.2. The van der Waals surface area contributed by atoms with Crippen molar-refractivity contribution in [3.63, 3.8) is 0 Å². The number of thiophene rings is 1. The molecule has 0 saturated carbocycles. The van der Waals surface area contributed by atoms with Crippen molar-refractivity contribution in [2.75, 3.05) is 17.6 Å². The fraction of sp³-hybridized carbons (Fsp3) is 0.278. The second-order valence-electron chi connectivity index (χ2n) is 6.02. The Balaban J connectivity index is 1.56. The third-order valence-electron chi connectivity index (χ3n) is 3.97. The Morgan fingerprint density at radius 2 is 2.00 bits per heavy atom. The van der Waals surface area contributed by atoms with Crippen molar-refractivity contribution in [2.24, 2.45) is 7.05 Å². The molecule has 0 aliphatic rings. The van der Waals surface area contributed by atoms with Gasteiger partial charge in [0.15, 0.2) is 0 Å². The van der Waals surface area contributed by atoms with E-state index >= 15 is 0 Å². The summed E-state index contributed by atoms with van der Waals surface area (Å²) in [6.07, 6.45) is 0. The SMILES string of the molecule is CCN(Cc1ccc(Cl)s1)C(=O)c1ccc(NC(=O)CSc2nnnn2C)cc1. The van der Waals surface area contributed by atoms with E-state index in [-0.39, 0.29) is 17.6 Å². The molecule has 0 aliphatic heterocycles. The zero-order chi connectivity index (χ0) is 20.8. The summed E-state index contributed by atoms with van der Waals surface area (Å²) in [6.45, 7) is 3.03. The van der Waals surface area contributed by atoms with Crippen LogP contribution in [0.1, 0.15) is 22.2 Å². The number of nitrogens with zero attached hydrogens (tertiary/aromatic N) is 5. The maximum atomic E-state index is 12.8. The van der Waals surface area contributed by atoms with Crippen molar-refractivity contribution in [3.8, 4) is 0 Å². The topological polar surface area (TPSA) is 93.0 Å². The molecule has 0 fully saturated rings. The van der Waals surface area contributed by atoms with E-state index in [1.165, 1.54) is 27.8 Å². The van der Waals surface area contributed by atoms with E-state index in [9.17, 15) is 9.59 Å². The Kier molecular flexibility index (Phi) is 7.24. The molecule has 0 aliphatic carbocycles. The molecule has 0 unspecified atom stereocenters. The number of aryl methyl sites for hydroxylation is 1. The molecule has 152 valence electrons. The highest BCUT2D eigenvalue weighted by molar-refractivity contribution is 7.99. The lowest BCUT2D eigenvalue weighted by Crippen LogP contribution is -2.30. The number of carbonyl (C=O) groups excluding carboxylic acids is 2. The quantitative estimate of drug-likeness (QED) is 0.529. The van der Waals surface area contributed by atoms with Crippen LogP contribution in [-0.4, -0.2) is 49.2 Å². The van der Waals surface area contributed by atoms with Gasteiger partial charge in [-0.3, -0.25) is 9.59 Å². The number of anilines is 1. The Morgan fingerprint density at radius 1 is 1.24 bits per heavy atom. The number of benzene rings is 1. The first kappa shape index (κ1) is 21.3. The van der Waals surface area contributed by atoms with Crippen LogP contribution in [0.15, 0.2) is 41.6 Å². The van der Waals surface area contributed by atoms with Crippen LogP contribution < -0.4 is 5.32 Å². The third-order valence-corrected chi connectivity index (χ3v) is 6.20. The van der Waals surface area contributed by atoms with Crippen molar-refractivity contribution >= 4 is 52.2 Å². The number of hydrogen-bond acceptors (Lipinski definition) is 7. The summed E-state index contributed by atoms with van der Waals surface area (Å²) in [5.41, 5.74) is 1.18. The van der Waals surface area contributed by atoms with Crippen molar-refractivity contribution in [1.82, 2.24) is 25.1 Å². The van der Waals surface area contributed by atoms with E-state index < -0.39 is 0 Å². The van der Waals surface area contributed by atoms with Crippen LogP contribution in [0.2, 0.25) is 4.34 Å². The molecular weight excluding hydrogens is 432 g/mol. The summed E-state index contributed by atoms with van der Waals surface area (Å²) in [7, 11) is 1.71. The van der Waals surface area contributed by atoms with Gasteiger partial charge in [-0.2, -0.15) is 0 Å². The van der Waals surface area contributed by atoms with Crippen LogP contribution in [0, 0.1) is 0 Å². The molecule has 2 aromatic heterocycles. The summed E-state index contributed by atoms with van der Waals surface area (Å²) < 4.78 is 2.21. The molecule has 0 bridgehead atoms. The highest BCUT2D eigenvalue weighted by Crippen LogP contribution is 2.23. The first-order valence-electron chi connectivity index (χ1n) is 8.75. The van der Waals surface area contributed by atoms with Crippen LogP contribution in [0.25, 0.3) is 0 Å². The summed E-state index contributed by atoms with van der Waals surface area (Å²) >= 11 is 8.68. The molecule has 3 rings (SSSR count). The lowest BCUT2D eigenvalue weighted by molar-refractivity contribution is -0.113. The molecule has 3 aromatic rings. The Morgan fingerprint density at radius 3 is 2.59 bits per heavy atom. The maximum absolute atomic E-state index is 12.8. The number of tetrazole rings is 1. The minimum Gasteiger partial charge on any atom is -0.334 e. The molecule has 8 nitrogen and oxygen atoms in total. The molecule has 2 amide bonds. The van der Waals surface area contributed by atoms with E-state index in [2.05, 4.69) is 20.8 Å². The summed E-state index contributed by atoms with van der Waals surface area (Å²) in [4.78, 5) is 27.7. The van der Waals surface area contributed by atoms with E-state index in [0.717, 1.165) is 4.88 Å². The third kappa shape index (κ3) is 5.78. The van der Waals surface area contributed by atoms with Crippen LogP contribution in [0.5, 0.6) is 0 Å². The Labute approximate surface area is 181 Å². The molecule has 11 heteroatoms. The summed E-state index contributed by atoms with van der Waals surface area (Å²) in [5.74, 6) is -0.0657. The number of carbonyl (C=O) groups is 2. The molecule has 0 spiro atoms. The summed E-state index contributed by atoms with van der Waals surface area (Å²) in [6, 6.07) is 10.6. The Bertz CT molecular complexity index is 988. The van der Waals surface area contributed by atoms with Gasteiger partial charge in [-0.05, 0) is 53.7 Å². The number of thioether (sulfide) groups is 1. The molecule has 0 atom stereocenters. The molecule has 0 radical (unpaired) electrons.